The van der Waals surface area contributed by atoms with Crippen LogP contribution in [0, 0.1) is 0 Å². The highest BCUT2D eigenvalue weighted by Crippen LogP contribution is 2.42. The Kier molecular flexibility index (Phi) is 3.16. The largest absolute Gasteiger partial charge is 0.504 e. The second kappa shape index (κ2) is 5.20. The Balaban J connectivity index is 1.91. The molecule has 23 heavy (non-hydrogen) atoms. The molecule has 2 N–H and O–H groups in total. The molecule has 0 radical (unpaired) electrons. The molecule has 1 aliphatic heterocycles. The van der Waals surface area contributed by atoms with Gasteiger partial charge in [-0.25, -0.2) is 0 Å². The predicted molar refractivity (Wildman–Crippen MR) is 87.2 cm³/mol. The smallest absolute Gasteiger partial charge is 0.225 e. The molecular weight excluding hydrogens is 314 g/mol. The maximum atomic E-state index is 12.1. The van der Waals surface area contributed by atoms with Gasteiger partial charge in [0.15, 0.2) is 11.5 Å². The number of nitrogens with zero attached hydrogens (tertiary/aromatic N) is 2. The van der Waals surface area contributed by atoms with Crippen LogP contribution in [0.3, 0.4) is 0 Å². The number of aromatic nitrogens is 2. The molecule has 116 valence electrons. The lowest BCUT2D eigenvalue weighted by atomic mass is 9.84. The van der Waals surface area contributed by atoms with E-state index in [4.69, 9.17) is 4.74 Å². The second-order valence-corrected chi connectivity index (χ2v) is 5.92. The molecule has 0 fully saturated rings. The third-order valence-corrected chi connectivity index (χ3v) is 4.63. The Morgan fingerprint density at radius 3 is 2.96 bits per heavy atom. The zero-order valence-electron chi connectivity index (χ0n) is 12.2. The Bertz CT molecular complexity index is 922. The molecule has 0 spiro atoms. The van der Waals surface area contributed by atoms with Crippen molar-refractivity contribution >= 4 is 34.4 Å². The van der Waals surface area contributed by atoms with E-state index in [1.165, 1.54) is 7.11 Å². The number of benzene rings is 2. The Labute approximate surface area is 136 Å². The van der Waals surface area contributed by atoms with Gasteiger partial charge in [-0.2, -0.15) is 8.75 Å². The van der Waals surface area contributed by atoms with Crippen LogP contribution in [0.25, 0.3) is 11.0 Å². The van der Waals surface area contributed by atoms with E-state index < -0.39 is 0 Å². The molecule has 6 nitrogen and oxygen atoms in total. The van der Waals surface area contributed by atoms with Gasteiger partial charge in [0.25, 0.3) is 0 Å². The fraction of sp³-hybridized carbons (Fsp3) is 0.188. The van der Waals surface area contributed by atoms with E-state index >= 15 is 0 Å². The van der Waals surface area contributed by atoms with E-state index in [-0.39, 0.29) is 17.6 Å². The number of ether oxygens (including phenoxy) is 1. The summed E-state index contributed by atoms with van der Waals surface area (Å²) in [5.74, 6) is 0.229. The maximum absolute atomic E-state index is 12.1. The summed E-state index contributed by atoms with van der Waals surface area (Å²) in [5.41, 5.74) is 4.16. The molecule has 1 atom stereocenters. The zero-order valence-corrected chi connectivity index (χ0v) is 13.1. The van der Waals surface area contributed by atoms with Crippen molar-refractivity contribution in [1.82, 2.24) is 8.75 Å². The summed E-state index contributed by atoms with van der Waals surface area (Å²) in [7, 11) is 1.50. The summed E-state index contributed by atoms with van der Waals surface area (Å²) in [6.07, 6.45) is 0.301. The topological polar surface area (TPSA) is 84.3 Å². The van der Waals surface area contributed by atoms with Crippen LogP contribution in [0.4, 0.5) is 5.69 Å². The van der Waals surface area contributed by atoms with Gasteiger partial charge in [-0.3, -0.25) is 4.79 Å². The van der Waals surface area contributed by atoms with Crippen LogP contribution in [0.1, 0.15) is 23.5 Å². The molecule has 2 aromatic carbocycles. The highest BCUT2D eigenvalue weighted by Gasteiger charge is 2.30. The van der Waals surface area contributed by atoms with Crippen molar-refractivity contribution in [2.24, 2.45) is 0 Å². The van der Waals surface area contributed by atoms with E-state index in [1.807, 2.05) is 18.2 Å². The van der Waals surface area contributed by atoms with Crippen molar-refractivity contribution in [3.05, 3.63) is 41.5 Å². The number of rotatable bonds is 2. The van der Waals surface area contributed by atoms with Crippen LogP contribution >= 0.6 is 11.7 Å². The van der Waals surface area contributed by atoms with Crippen molar-refractivity contribution in [3.8, 4) is 11.5 Å². The molecule has 1 unspecified atom stereocenters. The lowest BCUT2D eigenvalue weighted by Crippen LogP contribution is -2.23. The first kappa shape index (κ1) is 14.0. The Hall–Kier alpha value is -2.67. The predicted octanol–water partition coefficient (Wildman–Crippen LogP) is 2.88. The normalized spacial score (nSPS) is 16.9. The quantitative estimate of drug-likeness (QED) is 0.756. The van der Waals surface area contributed by atoms with Crippen molar-refractivity contribution in [2.75, 3.05) is 12.4 Å². The number of carbonyl (C=O) groups excluding carboxylic acids is 1. The van der Waals surface area contributed by atoms with Crippen LogP contribution in [0.2, 0.25) is 0 Å². The first-order valence-corrected chi connectivity index (χ1v) is 7.82. The molecule has 0 aliphatic carbocycles. The number of methoxy groups -OCH3 is 1. The Morgan fingerprint density at radius 2 is 2.17 bits per heavy atom. The maximum Gasteiger partial charge on any atom is 0.225 e. The van der Waals surface area contributed by atoms with E-state index in [9.17, 15) is 9.90 Å². The number of nitrogens with one attached hydrogen (secondary N) is 1. The first-order chi connectivity index (χ1) is 11.2. The minimum atomic E-state index is -0.178. The summed E-state index contributed by atoms with van der Waals surface area (Å²) in [4.78, 5) is 12.1. The molecule has 0 saturated carbocycles. The van der Waals surface area contributed by atoms with Gasteiger partial charge in [0, 0.05) is 23.6 Å². The minimum absolute atomic E-state index is 0.0552. The SMILES string of the molecule is COc1ccc(C2CC(=O)Nc3ccc4nsnc4c32)cc1O. The standard InChI is InChI=1S/C16H13N3O3S/c1-22-13-5-2-8(6-12(13)20)9-7-14(21)17-10-3-4-11-16(15(9)10)19-23-18-11/h2-6,9,20H,7H2,1H3,(H,17,21). The molecule has 1 aliphatic rings. The summed E-state index contributed by atoms with van der Waals surface area (Å²) in [5, 5.41) is 12.9. The number of hydrogen-bond acceptors (Lipinski definition) is 6. The molecule has 0 saturated heterocycles. The third kappa shape index (κ3) is 2.20. The fourth-order valence-electron chi connectivity index (χ4n) is 3.03. The van der Waals surface area contributed by atoms with Gasteiger partial charge < -0.3 is 15.2 Å². The number of fused-ring (bicyclic) bond motifs is 3. The van der Waals surface area contributed by atoms with Crippen LogP contribution in [-0.2, 0) is 4.79 Å². The molecule has 0 bridgehead atoms. The number of amides is 1. The summed E-state index contributed by atoms with van der Waals surface area (Å²) < 4.78 is 13.7. The van der Waals surface area contributed by atoms with Crippen LogP contribution in [0.5, 0.6) is 11.5 Å². The lowest BCUT2D eigenvalue weighted by molar-refractivity contribution is -0.116. The summed E-state index contributed by atoms with van der Waals surface area (Å²) in [6.45, 7) is 0. The number of hydrogen-bond donors (Lipinski definition) is 2. The minimum Gasteiger partial charge on any atom is -0.504 e. The molecule has 1 aromatic heterocycles. The van der Waals surface area contributed by atoms with Gasteiger partial charge in [-0.05, 0) is 29.8 Å². The van der Waals surface area contributed by atoms with Gasteiger partial charge in [0.1, 0.15) is 11.0 Å². The molecule has 2 heterocycles. The molecule has 3 aromatic rings. The molecule has 1 amide bonds. The molecular formula is C16H13N3O3S. The van der Waals surface area contributed by atoms with Crippen molar-refractivity contribution in [1.29, 1.82) is 0 Å². The van der Waals surface area contributed by atoms with Crippen LogP contribution in [-0.4, -0.2) is 26.9 Å². The number of carbonyl (C=O) groups is 1. The number of aromatic hydroxyl groups is 1. The van der Waals surface area contributed by atoms with E-state index in [2.05, 4.69) is 14.1 Å². The van der Waals surface area contributed by atoms with Crippen molar-refractivity contribution in [3.63, 3.8) is 0 Å². The lowest BCUT2D eigenvalue weighted by Gasteiger charge is -2.26. The summed E-state index contributed by atoms with van der Waals surface area (Å²) in [6, 6.07) is 8.92. The highest BCUT2D eigenvalue weighted by molar-refractivity contribution is 7.00. The first-order valence-electron chi connectivity index (χ1n) is 7.09. The van der Waals surface area contributed by atoms with E-state index in [0.717, 1.165) is 39.6 Å². The number of anilines is 1. The fourth-order valence-corrected chi connectivity index (χ4v) is 3.58. The zero-order chi connectivity index (χ0) is 16.0. The van der Waals surface area contributed by atoms with Gasteiger partial charge in [0.2, 0.25) is 5.91 Å². The number of phenols is 1. The monoisotopic (exact) mass is 327 g/mol. The molecule has 4 rings (SSSR count). The van der Waals surface area contributed by atoms with E-state index in [1.54, 1.807) is 12.1 Å². The van der Waals surface area contributed by atoms with Crippen LogP contribution in [0.15, 0.2) is 30.3 Å². The second-order valence-electron chi connectivity index (χ2n) is 5.39. The van der Waals surface area contributed by atoms with Gasteiger partial charge in [0.05, 0.1) is 18.8 Å². The third-order valence-electron chi connectivity index (χ3n) is 4.08. The van der Waals surface area contributed by atoms with Crippen LogP contribution < -0.4 is 10.1 Å². The average Bonchev–Trinajstić information content (AvgIpc) is 3.02. The Morgan fingerprint density at radius 1 is 1.30 bits per heavy atom. The number of phenolic OH excluding ortho intramolecular Hbond substituents is 1. The van der Waals surface area contributed by atoms with Gasteiger partial charge in [-0.15, -0.1) is 0 Å². The van der Waals surface area contributed by atoms with Gasteiger partial charge >= 0.3 is 0 Å². The highest BCUT2D eigenvalue weighted by atomic mass is 32.1. The van der Waals surface area contributed by atoms with Gasteiger partial charge in [-0.1, -0.05) is 6.07 Å². The van der Waals surface area contributed by atoms with Crippen molar-refractivity contribution in [2.45, 2.75) is 12.3 Å². The van der Waals surface area contributed by atoms with Crippen molar-refractivity contribution < 1.29 is 14.6 Å². The average molecular weight is 327 g/mol. The molecule has 7 heteroatoms. The van der Waals surface area contributed by atoms with E-state index in [0.29, 0.717) is 12.2 Å². The summed E-state index contributed by atoms with van der Waals surface area (Å²) >= 11 is 1.15.